The van der Waals surface area contributed by atoms with Crippen LogP contribution in [0.25, 0.3) is 0 Å². The third-order valence-corrected chi connectivity index (χ3v) is 4.81. The topological polar surface area (TPSA) is 67.3 Å². The van der Waals surface area contributed by atoms with Gasteiger partial charge in [-0.2, -0.15) is 0 Å². The molecule has 0 fully saturated rings. The van der Waals surface area contributed by atoms with Crippen molar-refractivity contribution < 1.29 is 9.53 Å². The quantitative estimate of drug-likeness (QED) is 0.709. The summed E-state index contributed by atoms with van der Waals surface area (Å²) in [6.45, 7) is 5.28. The predicted molar refractivity (Wildman–Crippen MR) is 112 cm³/mol. The van der Waals surface area contributed by atoms with Crippen LogP contribution in [0, 0.1) is 0 Å². The van der Waals surface area contributed by atoms with Gasteiger partial charge in [0.2, 0.25) is 5.95 Å². The van der Waals surface area contributed by atoms with E-state index in [-0.39, 0.29) is 12.0 Å². The van der Waals surface area contributed by atoms with Gasteiger partial charge in [-0.05, 0) is 43.5 Å². The lowest BCUT2D eigenvalue weighted by molar-refractivity contribution is 0.0734. The number of carbonyl (C=O) groups is 1. The molecule has 148 valence electrons. The summed E-state index contributed by atoms with van der Waals surface area (Å²) in [6.07, 6.45) is 4.08. The van der Waals surface area contributed by atoms with Crippen molar-refractivity contribution in [3.63, 3.8) is 0 Å². The molecule has 29 heavy (non-hydrogen) atoms. The molecule has 2 heterocycles. The first kappa shape index (κ1) is 18.9. The molecule has 1 aliphatic heterocycles. The Kier molecular flexibility index (Phi) is 5.42. The van der Waals surface area contributed by atoms with Gasteiger partial charge in [0, 0.05) is 25.5 Å². The van der Waals surface area contributed by atoms with Gasteiger partial charge in [-0.25, -0.2) is 9.97 Å². The summed E-state index contributed by atoms with van der Waals surface area (Å²) in [7, 11) is 0. The summed E-state index contributed by atoms with van der Waals surface area (Å²) >= 11 is 0. The number of rotatable bonds is 5. The molecule has 2 aromatic carbocycles. The molecule has 0 aliphatic carbocycles. The third kappa shape index (κ3) is 4.37. The van der Waals surface area contributed by atoms with Gasteiger partial charge in [0.25, 0.3) is 5.91 Å². The van der Waals surface area contributed by atoms with E-state index in [0.717, 1.165) is 17.9 Å². The Balaban J connectivity index is 1.45. The highest BCUT2D eigenvalue weighted by atomic mass is 16.5. The molecule has 1 N–H and O–H groups in total. The van der Waals surface area contributed by atoms with E-state index in [9.17, 15) is 4.79 Å². The van der Waals surface area contributed by atoms with Crippen molar-refractivity contribution >= 4 is 17.5 Å². The maximum absolute atomic E-state index is 12.9. The van der Waals surface area contributed by atoms with Gasteiger partial charge >= 0.3 is 0 Å². The highest BCUT2D eigenvalue weighted by Crippen LogP contribution is 2.27. The van der Waals surface area contributed by atoms with Crippen LogP contribution < -0.4 is 10.1 Å². The molecule has 0 saturated heterocycles. The third-order valence-electron chi connectivity index (χ3n) is 4.81. The van der Waals surface area contributed by atoms with Gasteiger partial charge in [0.05, 0.1) is 17.4 Å². The molecule has 3 aromatic rings. The van der Waals surface area contributed by atoms with Crippen molar-refractivity contribution in [2.75, 3.05) is 11.9 Å². The fourth-order valence-electron chi connectivity index (χ4n) is 3.40. The zero-order valence-corrected chi connectivity index (χ0v) is 16.6. The first-order valence-electron chi connectivity index (χ1n) is 9.81. The van der Waals surface area contributed by atoms with E-state index < -0.39 is 0 Å². The molecule has 0 spiro atoms. The Hall–Kier alpha value is -3.41. The summed E-state index contributed by atoms with van der Waals surface area (Å²) in [5.74, 6) is 1.11. The minimum absolute atomic E-state index is 0.0467. The van der Waals surface area contributed by atoms with Crippen molar-refractivity contribution in [1.29, 1.82) is 0 Å². The standard InChI is InChI=1S/C23H24N4O2/c1-16(2)29-21-10-6-5-9-20(21)26-23-24-13-19(14-25-23)22(28)27-12-11-17-7-3-4-8-18(17)15-27/h3-10,13-14,16H,11-12,15H2,1-2H3,(H,24,25,26). The molecule has 0 bridgehead atoms. The van der Waals surface area contributed by atoms with Crippen LogP contribution in [0.2, 0.25) is 0 Å². The Morgan fingerprint density at radius 1 is 1.03 bits per heavy atom. The largest absolute Gasteiger partial charge is 0.489 e. The maximum Gasteiger partial charge on any atom is 0.257 e. The average molecular weight is 388 g/mol. The van der Waals surface area contributed by atoms with E-state index in [1.54, 1.807) is 12.4 Å². The molecular formula is C23H24N4O2. The Morgan fingerprint density at radius 2 is 1.72 bits per heavy atom. The lowest BCUT2D eigenvalue weighted by Crippen LogP contribution is -2.36. The Bertz CT molecular complexity index is 1000. The molecule has 1 amide bonds. The molecule has 1 aromatic heterocycles. The number of carbonyl (C=O) groups excluding carboxylic acids is 1. The van der Waals surface area contributed by atoms with Crippen LogP contribution in [0.5, 0.6) is 5.75 Å². The molecule has 0 radical (unpaired) electrons. The van der Waals surface area contributed by atoms with Gasteiger partial charge in [-0.15, -0.1) is 0 Å². The van der Waals surface area contributed by atoms with Gasteiger partial charge in [0.1, 0.15) is 5.75 Å². The molecular weight excluding hydrogens is 364 g/mol. The summed E-state index contributed by atoms with van der Waals surface area (Å²) in [6, 6.07) is 15.9. The van der Waals surface area contributed by atoms with Crippen molar-refractivity contribution in [1.82, 2.24) is 14.9 Å². The lowest BCUT2D eigenvalue weighted by atomic mass is 9.99. The number of amides is 1. The zero-order valence-electron chi connectivity index (χ0n) is 16.6. The number of hydrogen-bond donors (Lipinski definition) is 1. The summed E-state index contributed by atoms with van der Waals surface area (Å²) in [4.78, 5) is 23.4. The van der Waals surface area contributed by atoms with Crippen molar-refractivity contribution in [2.45, 2.75) is 32.9 Å². The zero-order chi connectivity index (χ0) is 20.2. The number of para-hydroxylation sites is 2. The second-order valence-corrected chi connectivity index (χ2v) is 7.33. The number of nitrogens with zero attached hydrogens (tertiary/aromatic N) is 3. The number of aromatic nitrogens is 2. The second kappa shape index (κ2) is 8.31. The van der Waals surface area contributed by atoms with E-state index in [1.165, 1.54) is 11.1 Å². The lowest BCUT2D eigenvalue weighted by Gasteiger charge is -2.28. The first-order valence-corrected chi connectivity index (χ1v) is 9.81. The van der Waals surface area contributed by atoms with E-state index in [2.05, 4.69) is 27.4 Å². The van der Waals surface area contributed by atoms with Gasteiger partial charge in [-0.1, -0.05) is 36.4 Å². The van der Waals surface area contributed by atoms with E-state index >= 15 is 0 Å². The first-order chi connectivity index (χ1) is 14.1. The molecule has 1 aliphatic rings. The Morgan fingerprint density at radius 3 is 2.48 bits per heavy atom. The number of fused-ring (bicyclic) bond motifs is 1. The van der Waals surface area contributed by atoms with Crippen LogP contribution in [0.3, 0.4) is 0 Å². The van der Waals surface area contributed by atoms with Gasteiger partial charge in [-0.3, -0.25) is 4.79 Å². The van der Waals surface area contributed by atoms with E-state index in [1.807, 2.05) is 55.1 Å². The van der Waals surface area contributed by atoms with Crippen LogP contribution in [0.1, 0.15) is 35.3 Å². The van der Waals surface area contributed by atoms with Gasteiger partial charge in [0.15, 0.2) is 0 Å². The Labute approximate surface area is 170 Å². The monoisotopic (exact) mass is 388 g/mol. The van der Waals surface area contributed by atoms with Crippen LogP contribution in [0.15, 0.2) is 60.9 Å². The molecule has 6 nitrogen and oxygen atoms in total. The fourth-order valence-corrected chi connectivity index (χ4v) is 3.40. The minimum Gasteiger partial charge on any atom is -0.489 e. The molecule has 4 rings (SSSR count). The highest BCUT2D eigenvalue weighted by molar-refractivity contribution is 5.93. The van der Waals surface area contributed by atoms with Crippen molar-refractivity contribution in [2.24, 2.45) is 0 Å². The van der Waals surface area contributed by atoms with Crippen LogP contribution >= 0.6 is 0 Å². The molecule has 0 atom stereocenters. The van der Waals surface area contributed by atoms with Crippen LogP contribution in [-0.2, 0) is 13.0 Å². The average Bonchev–Trinajstić information content (AvgIpc) is 2.74. The van der Waals surface area contributed by atoms with Crippen LogP contribution in [0.4, 0.5) is 11.6 Å². The number of anilines is 2. The maximum atomic E-state index is 12.9. The molecule has 0 saturated carbocycles. The second-order valence-electron chi connectivity index (χ2n) is 7.33. The summed E-state index contributed by atoms with van der Waals surface area (Å²) < 4.78 is 5.81. The molecule has 6 heteroatoms. The number of hydrogen-bond acceptors (Lipinski definition) is 5. The van der Waals surface area contributed by atoms with Gasteiger partial charge < -0.3 is 15.0 Å². The molecule has 0 unspecified atom stereocenters. The minimum atomic E-state index is -0.0467. The van der Waals surface area contributed by atoms with E-state index in [0.29, 0.717) is 24.6 Å². The normalized spacial score (nSPS) is 13.1. The smallest absolute Gasteiger partial charge is 0.257 e. The number of ether oxygens (including phenoxy) is 1. The SMILES string of the molecule is CC(C)Oc1ccccc1Nc1ncc(C(=O)N2CCc3ccccc3C2)cn1. The van der Waals surface area contributed by atoms with Crippen molar-refractivity contribution in [3.05, 3.63) is 77.6 Å². The summed E-state index contributed by atoms with van der Waals surface area (Å²) in [5.41, 5.74) is 3.79. The number of nitrogens with one attached hydrogen (secondary N) is 1. The fraction of sp³-hybridized carbons (Fsp3) is 0.261. The van der Waals surface area contributed by atoms with Crippen LogP contribution in [-0.4, -0.2) is 33.4 Å². The number of benzene rings is 2. The summed E-state index contributed by atoms with van der Waals surface area (Å²) in [5, 5.41) is 3.16. The van der Waals surface area contributed by atoms with E-state index in [4.69, 9.17) is 4.74 Å². The van der Waals surface area contributed by atoms with Crippen molar-refractivity contribution in [3.8, 4) is 5.75 Å². The predicted octanol–water partition coefficient (Wildman–Crippen LogP) is 4.21. The highest BCUT2D eigenvalue weighted by Gasteiger charge is 2.22.